The summed E-state index contributed by atoms with van der Waals surface area (Å²) in [5.41, 5.74) is 2.91. The van der Waals surface area contributed by atoms with Gasteiger partial charge in [-0.05, 0) is 30.3 Å². The number of nitriles is 1. The summed E-state index contributed by atoms with van der Waals surface area (Å²) in [7, 11) is 0. The molecule has 0 saturated heterocycles. The molecule has 0 fully saturated rings. The highest BCUT2D eigenvalue weighted by Gasteiger charge is 2.52. The lowest BCUT2D eigenvalue weighted by Gasteiger charge is -2.41. The van der Waals surface area contributed by atoms with Crippen LogP contribution in [0, 0.1) is 11.3 Å². The fourth-order valence-electron chi connectivity index (χ4n) is 4.08. The maximum absolute atomic E-state index is 13.2. The van der Waals surface area contributed by atoms with Gasteiger partial charge in [-0.2, -0.15) is 10.4 Å². The third-order valence-electron chi connectivity index (χ3n) is 5.45. The number of hydrogen-bond donors (Lipinski definition) is 1. The number of hydrazone groups is 1. The van der Waals surface area contributed by atoms with Crippen LogP contribution in [-0.4, -0.2) is 17.1 Å². The molecule has 0 atom stereocenters. The van der Waals surface area contributed by atoms with Gasteiger partial charge in [0.05, 0.1) is 11.2 Å². The maximum atomic E-state index is 13.2. The number of nitrogens with zero attached hydrogens (tertiary/aromatic N) is 3. The molecule has 0 aliphatic carbocycles. The van der Waals surface area contributed by atoms with Gasteiger partial charge >= 0.3 is 0 Å². The number of fused-ring (bicyclic) bond motifs is 4. The molecule has 150 valence electrons. The summed E-state index contributed by atoms with van der Waals surface area (Å²) in [6.45, 7) is 0. The number of carbonyl (C=O) groups is 1. The molecule has 5 rings (SSSR count). The minimum Gasteiger partial charge on any atom is -0.355 e. The summed E-state index contributed by atoms with van der Waals surface area (Å²) < 4.78 is 0. The van der Waals surface area contributed by atoms with Crippen molar-refractivity contribution in [2.45, 2.75) is 5.54 Å². The Labute approximate surface area is 188 Å². The van der Waals surface area contributed by atoms with Crippen molar-refractivity contribution in [2.75, 3.05) is 5.32 Å². The van der Waals surface area contributed by atoms with Gasteiger partial charge in [0.2, 0.25) is 0 Å². The van der Waals surface area contributed by atoms with Crippen molar-refractivity contribution in [1.29, 1.82) is 5.26 Å². The number of anilines is 2. The van der Waals surface area contributed by atoms with Crippen LogP contribution in [0.4, 0.5) is 11.4 Å². The van der Waals surface area contributed by atoms with Crippen LogP contribution in [0.15, 0.2) is 83.5 Å². The minimum absolute atomic E-state index is 0.0332. The molecule has 7 heteroatoms. The first-order chi connectivity index (χ1) is 15.0. The molecule has 3 aromatic rings. The zero-order chi connectivity index (χ0) is 21.6. The summed E-state index contributed by atoms with van der Waals surface area (Å²) in [6.07, 6.45) is 3.20. The Balaban J connectivity index is 1.74. The smallest absolute Gasteiger partial charge is 0.285 e. The van der Waals surface area contributed by atoms with E-state index >= 15 is 0 Å². The van der Waals surface area contributed by atoms with Crippen LogP contribution in [0.2, 0.25) is 10.0 Å². The predicted molar refractivity (Wildman–Crippen MR) is 122 cm³/mol. The molecule has 0 aromatic heterocycles. The number of carbonyl (C=O) groups excluding carboxylic acids is 1. The van der Waals surface area contributed by atoms with E-state index in [1.165, 1.54) is 11.2 Å². The Morgan fingerprint density at radius 3 is 2.26 bits per heavy atom. The lowest BCUT2D eigenvalue weighted by molar-refractivity contribution is -0.128. The Hall–Kier alpha value is -3.59. The molecule has 31 heavy (non-hydrogen) atoms. The fraction of sp³-hybridized carbons (Fsp3) is 0.0417. The van der Waals surface area contributed by atoms with E-state index in [1.807, 2.05) is 54.6 Å². The number of para-hydroxylation sites is 2. The van der Waals surface area contributed by atoms with Gasteiger partial charge in [-0.3, -0.25) is 4.79 Å². The highest BCUT2D eigenvalue weighted by Crippen LogP contribution is 2.52. The molecular weight excluding hydrogens is 431 g/mol. The zero-order valence-electron chi connectivity index (χ0n) is 16.0. The van der Waals surface area contributed by atoms with Gasteiger partial charge in [-0.25, -0.2) is 5.01 Å². The summed E-state index contributed by atoms with van der Waals surface area (Å²) in [4.78, 5) is 13.2. The van der Waals surface area contributed by atoms with E-state index in [2.05, 4.69) is 10.4 Å². The second-order valence-corrected chi connectivity index (χ2v) is 8.02. The second-order valence-electron chi connectivity index (χ2n) is 7.18. The molecule has 3 aromatic carbocycles. The topological polar surface area (TPSA) is 68.5 Å². The van der Waals surface area contributed by atoms with Crippen molar-refractivity contribution in [3.8, 4) is 6.07 Å². The normalized spacial score (nSPS) is 16.0. The van der Waals surface area contributed by atoms with Crippen LogP contribution < -0.4 is 5.32 Å². The molecule has 1 N–H and O–H groups in total. The molecule has 0 bridgehead atoms. The Morgan fingerprint density at radius 1 is 1.00 bits per heavy atom. The maximum Gasteiger partial charge on any atom is 0.285 e. The average Bonchev–Trinajstić information content (AvgIpc) is 3.06. The molecule has 1 spiro atoms. The summed E-state index contributed by atoms with van der Waals surface area (Å²) >= 11 is 12.3. The van der Waals surface area contributed by atoms with Gasteiger partial charge in [-0.1, -0.05) is 65.7 Å². The molecule has 1 amide bonds. The van der Waals surface area contributed by atoms with Crippen molar-refractivity contribution in [1.82, 2.24) is 5.01 Å². The Kier molecular flexibility index (Phi) is 4.55. The average molecular weight is 445 g/mol. The Morgan fingerprint density at radius 2 is 1.65 bits per heavy atom. The van der Waals surface area contributed by atoms with Gasteiger partial charge in [0.25, 0.3) is 5.91 Å². The van der Waals surface area contributed by atoms with Gasteiger partial charge in [0.15, 0.2) is 0 Å². The third kappa shape index (κ3) is 2.92. The number of rotatable bonds is 2. The van der Waals surface area contributed by atoms with Crippen LogP contribution in [0.25, 0.3) is 0 Å². The molecule has 0 radical (unpaired) electrons. The van der Waals surface area contributed by atoms with Crippen molar-refractivity contribution >= 4 is 46.7 Å². The first kappa shape index (κ1) is 19.4. The molecule has 2 aliphatic rings. The zero-order valence-corrected chi connectivity index (χ0v) is 17.5. The van der Waals surface area contributed by atoms with Gasteiger partial charge < -0.3 is 5.32 Å². The van der Waals surface area contributed by atoms with E-state index in [4.69, 9.17) is 23.2 Å². The highest BCUT2D eigenvalue weighted by atomic mass is 35.5. The lowest BCUT2D eigenvalue weighted by atomic mass is 9.78. The van der Waals surface area contributed by atoms with Crippen molar-refractivity contribution in [2.24, 2.45) is 5.10 Å². The Bertz CT molecular complexity index is 1290. The van der Waals surface area contributed by atoms with Crippen molar-refractivity contribution in [3.63, 3.8) is 0 Å². The lowest BCUT2D eigenvalue weighted by Crippen LogP contribution is -2.44. The fourth-order valence-corrected chi connectivity index (χ4v) is 4.54. The van der Waals surface area contributed by atoms with Crippen molar-refractivity contribution in [3.05, 3.63) is 105 Å². The quantitative estimate of drug-likeness (QED) is 0.521. The van der Waals surface area contributed by atoms with Gasteiger partial charge in [0, 0.05) is 33.1 Å². The number of benzene rings is 3. The third-order valence-corrected chi connectivity index (χ3v) is 6.01. The molecule has 5 nitrogen and oxygen atoms in total. The van der Waals surface area contributed by atoms with E-state index in [-0.39, 0.29) is 5.57 Å². The van der Waals surface area contributed by atoms with Crippen LogP contribution in [-0.2, 0) is 10.3 Å². The number of halogens is 2. The largest absolute Gasteiger partial charge is 0.355 e. The first-order valence-corrected chi connectivity index (χ1v) is 10.2. The van der Waals surface area contributed by atoms with E-state index in [0.717, 1.165) is 22.5 Å². The molecule has 0 saturated carbocycles. The van der Waals surface area contributed by atoms with Gasteiger partial charge in [-0.15, -0.1) is 0 Å². The van der Waals surface area contributed by atoms with Crippen LogP contribution in [0.1, 0.15) is 16.7 Å². The standard InChI is InChI=1S/C24H14Cl2N4O/c25-17-10-9-15(20(26)11-17)14-28-30-23(31)16(13-27)12-24(30)18-5-1-3-7-21(18)29-22-8-4-2-6-19(22)24/h1-12,14,29H/b28-14-. The number of hydrogen-bond acceptors (Lipinski definition) is 4. The van der Waals surface area contributed by atoms with E-state index in [1.54, 1.807) is 24.3 Å². The van der Waals surface area contributed by atoms with Gasteiger partial charge in [0.1, 0.15) is 17.2 Å². The van der Waals surface area contributed by atoms with E-state index in [9.17, 15) is 10.1 Å². The summed E-state index contributed by atoms with van der Waals surface area (Å²) in [5.74, 6) is -0.477. The number of nitrogens with one attached hydrogen (secondary N) is 1. The molecule has 0 unspecified atom stereocenters. The molecular formula is C24H14Cl2N4O. The van der Waals surface area contributed by atoms with Crippen LogP contribution >= 0.6 is 23.2 Å². The SMILES string of the molecule is N#CC1=CC2(c3ccccc3Nc3ccccc32)N(/N=C\c2ccc(Cl)cc2Cl)C1=O. The van der Waals surface area contributed by atoms with Crippen LogP contribution in [0.5, 0.6) is 0 Å². The van der Waals surface area contributed by atoms with Crippen molar-refractivity contribution < 1.29 is 4.79 Å². The predicted octanol–water partition coefficient (Wildman–Crippen LogP) is 5.62. The first-order valence-electron chi connectivity index (χ1n) is 9.47. The number of amides is 1. The molecule has 2 heterocycles. The summed E-state index contributed by atoms with van der Waals surface area (Å²) in [5, 5.41) is 19.9. The van der Waals surface area contributed by atoms with E-state index < -0.39 is 11.4 Å². The van der Waals surface area contributed by atoms with E-state index in [0.29, 0.717) is 15.6 Å². The minimum atomic E-state index is -1.06. The highest BCUT2D eigenvalue weighted by molar-refractivity contribution is 6.36. The second kappa shape index (κ2) is 7.28. The summed E-state index contributed by atoms with van der Waals surface area (Å²) in [6, 6.07) is 22.4. The monoisotopic (exact) mass is 444 g/mol. The van der Waals surface area contributed by atoms with Crippen LogP contribution in [0.3, 0.4) is 0 Å². The molecule has 2 aliphatic heterocycles.